The Hall–Kier alpha value is -2.17. The van der Waals surface area contributed by atoms with Crippen molar-refractivity contribution >= 4 is 24.1 Å². The fraction of sp³-hybridized carbons (Fsp3) is 0.333. The molecule has 1 aliphatic rings. The minimum absolute atomic E-state index is 0. The topological polar surface area (TPSA) is 58.2 Å². The van der Waals surface area contributed by atoms with Crippen molar-refractivity contribution in [1.82, 2.24) is 10.6 Å². The molecule has 0 saturated carbocycles. The molecule has 0 aliphatic carbocycles. The van der Waals surface area contributed by atoms with Crippen molar-refractivity contribution in [3.05, 3.63) is 71.3 Å². The van der Waals surface area contributed by atoms with Crippen LogP contribution >= 0.6 is 12.4 Å². The van der Waals surface area contributed by atoms with Gasteiger partial charge in [-0.05, 0) is 37.4 Å². The number of hydrogen-bond donors (Lipinski definition) is 2. The Morgan fingerprint density at radius 3 is 2.19 bits per heavy atom. The van der Waals surface area contributed by atoms with E-state index in [1.807, 2.05) is 18.2 Å². The summed E-state index contributed by atoms with van der Waals surface area (Å²) in [6, 6.07) is 16.1. The van der Waals surface area contributed by atoms with Crippen LogP contribution in [-0.2, 0) is 0 Å². The van der Waals surface area contributed by atoms with E-state index in [9.17, 15) is 9.59 Å². The van der Waals surface area contributed by atoms with Crippen LogP contribution in [0.25, 0.3) is 0 Å². The average Bonchev–Trinajstić information content (AvgIpc) is 2.67. The summed E-state index contributed by atoms with van der Waals surface area (Å²) in [5.41, 5.74) is 1.59. The van der Waals surface area contributed by atoms with Gasteiger partial charge in [-0.25, -0.2) is 0 Å². The predicted octanol–water partition coefficient (Wildman–Crippen LogP) is 3.46. The lowest BCUT2D eigenvalue weighted by molar-refractivity contribution is 0.0913. The quantitative estimate of drug-likeness (QED) is 0.790. The van der Waals surface area contributed by atoms with Gasteiger partial charge in [-0.3, -0.25) is 9.59 Å². The van der Waals surface area contributed by atoms with Crippen molar-refractivity contribution in [2.24, 2.45) is 5.41 Å². The molecule has 2 aromatic rings. The number of rotatable bonds is 5. The number of halogens is 1. The van der Waals surface area contributed by atoms with Crippen LogP contribution in [0.4, 0.5) is 0 Å². The first kappa shape index (κ1) is 20.1. The molecule has 3 rings (SSSR count). The van der Waals surface area contributed by atoms with Gasteiger partial charge in [0.1, 0.15) is 0 Å². The molecular formula is C21H25ClN2O2. The molecule has 1 aliphatic heterocycles. The van der Waals surface area contributed by atoms with Crippen molar-refractivity contribution in [3.63, 3.8) is 0 Å². The van der Waals surface area contributed by atoms with E-state index in [4.69, 9.17) is 0 Å². The Bertz CT molecular complexity index is 756. The maximum atomic E-state index is 12.8. The third-order valence-electron chi connectivity index (χ3n) is 4.94. The highest BCUT2D eigenvalue weighted by molar-refractivity contribution is 6.15. The van der Waals surface area contributed by atoms with E-state index in [1.165, 1.54) is 0 Å². The van der Waals surface area contributed by atoms with E-state index in [-0.39, 0.29) is 29.5 Å². The van der Waals surface area contributed by atoms with Crippen LogP contribution in [0, 0.1) is 5.41 Å². The molecule has 0 atom stereocenters. The first-order valence-corrected chi connectivity index (χ1v) is 8.77. The molecule has 1 heterocycles. The summed E-state index contributed by atoms with van der Waals surface area (Å²) in [7, 11) is 0. The summed E-state index contributed by atoms with van der Waals surface area (Å²) in [5, 5.41) is 6.38. The number of ketones is 1. The fourth-order valence-electron chi connectivity index (χ4n) is 3.22. The third-order valence-corrected chi connectivity index (χ3v) is 4.94. The minimum Gasteiger partial charge on any atom is -0.351 e. The Labute approximate surface area is 160 Å². The zero-order valence-electron chi connectivity index (χ0n) is 15.0. The maximum Gasteiger partial charge on any atom is 0.252 e. The van der Waals surface area contributed by atoms with Crippen molar-refractivity contribution < 1.29 is 9.59 Å². The second kappa shape index (κ2) is 8.97. The molecule has 0 bridgehead atoms. The normalized spacial score (nSPS) is 15.6. The molecule has 0 unspecified atom stereocenters. The van der Waals surface area contributed by atoms with Gasteiger partial charge in [0.15, 0.2) is 5.78 Å². The van der Waals surface area contributed by atoms with E-state index >= 15 is 0 Å². The molecule has 5 heteroatoms. The molecule has 1 amide bonds. The molecule has 2 N–H and O–H groups in total. The van der Waals surface area contributed by atoms with Gasteiger partial charge in [0, 0.05) is 17.7 Å². The second-order valence-corrected chi connectivity index (χ2v) is 6.98. The molecule has 1 fully saturated rings. The molecule has 4 nitrogen and oxygen atoms in total. The zero-order chi connectivity index (χ0) is 17.7. The fourth-order valence-corrected chi connectivity index (χ4v) is 3.22. The summed E-state index contributed by atoms with van der Waals surface area (Å²) in [4.78, 5) is 25.5. The number of carbonyl (C=O) groups excluding carboxylic acids is 2. The summed E-state index contributed by atoms with van der Waals surface area (Å²) in [5.74, 6) is -0.306. The van der Waals surface area contributed by atoms with Crippen molar-refractivity contribution in [2.75, 3.05) is 19.6 Å². The standard InChI is InChI=1S/C21H24N2O2.ClH/c1-21(11-13-22-14-12-21)15-23-20(25)18-10-6-5-9-17(18)19(24)16-7-3-2-4-8-16;/h2-10,22H,11-15H2,1H3,(H,23,25);1H. The third kappa shape index (κ3) is 4.71. The second-order valence-electron chi connectivity index (χ2n) is 6.98. The molecule has 138 valence electrons. The number of nitrogens with one attached hydrogen (secondary N) is 2. The Balaban J connectivity index is 0.00000243. The summed E-state index contributed by atoms with van der Waals surface area (Å²) < 4.78 is 0. The number of amides is 1. The van der Waals surface area contributed by atoms with E-state index in [0.29, 0.717) is 23.2 Å². The van der Waals surface area contributed by atoms with E-state index in [1.54, 1.807) is 36.4 Å². The maximum absolute atomic E-state index is 12.8. The first-order valence-electron chi connectivity index (χ1n) is 8.77. The molecule has 0 spiro atoms. The van der Waals surface area contributed by atoms with E-state index < -0.39 is 0 Å². The Kier molecular flexibility index (Phi) is 6.95. The highest BCUT2D eigenvalue weighted by Gasteiger charge is 2.27. The lowest BCUT2D eigenvalue weighted by atomic mass is 9.81. The summed E-state index contributed by atoms with van der Waals surface area (Å²) >= 11 is 0. The van der Waals surface area contributed by atoms with Crippen LogP contribution < -0.4 is 10.6 Å². The van der Waals surface area contributed by atoms with Crippen LogP contribution in [0.2, 0.25) is 0 Å². The SMILES string of the molecule is CC1(CNC(=O)c2ccccc2C(=O)c2ccccc2)CCNCC1.Cl. The van der Waals surface area contributed by atoms with Crippen LogP contribution in [0.3, 0.4) is 0 Å². The van der Waals surface area contributed by atoms with Gasteiger partial charge in [-0.2, -0.15) is 0 Å². The monoisotopic (exact) mass is 372 g/mol. The van der Waals surface area contributed by atoms with Crippen LogP contribution in [0.15, 0.2) is 54.6 Å². The van der Waals surface area contributed by atoms with Gasteiger partial charge in [0.25, 0.3) is 5.91 Å². The predicted molar refractivity (Wildman–Crippen MR) is 106 cm³/mol. The molecule has 2 aromatic carbocycles. The molecular weight excluding hydrogens is 348 g/mol. The summed E-state index contributed by atoms with van der Waals surface area (Å²) in [6.45, 7) is 4.79. The Morgan fingerprint density at radius 1 is 0.962 bits per heavy atom. The van der Waals surface area contributed by atoms with Crippen LogP contribution in [0.5, 0.6) is 0 Å². The van der Waals surface area contributed by atoms with E-state index in [2.05, 4.69) is 17.6 Å². The molecule has 0 radical (unpaired) electrons. The largest absolute Gasteiger partial charge is 0.351 e. The highest BCUT2D eigenvalue weighted by atomic mass is 35.5. The number of piperidine rings is 1. The van der Waals surface area contributed by atoms with Gasteiger partial charge in [-0.1, -0.05) is 55.5 Å². The lowest BCUT2D eigenvalue weighted by Gasteiger charge is -2.34. The van der Waals surface area contributed by atoms with Gasteiger partial charge in [0.2, 0.25) is 0 Å². The van der Waals surface area contributed by atoms with Crippen molar-refractivity contribution in [2.45, 2.75) is 19.8 Å². The molecule has 1 saturated heterocycles. The van der Waals surface area contributed by atoms with Crippen molar-refractivity contribution in [1.29, 1.82) is 0 Å². The lowest BCUT2D eigenvalue weighted by Crippen LogP contribution is -2.43. The minimum atomic E-state index is -0.181. The highest BCUT2D eigenvalue weighted by Crippen LogP contribution is 2.27. The zero-order valence-corrected chi connectivity index (χ0v) is 15.8. The van der Waals surface area contributed by atoms with Gasteiger partial charge < -0.3 is 10.6 Å². The number of carbonyl (C=O) groups is 2. The van der Waals surface area contributed by atoms with Crippen LogP contribution in [-0.4, -0.2) is 31.3 Å². The van der Waals surface area contributed by atoms with Gasteiger partial charge in [0.05, 0.1) is 5.56 Å². The number of benzene rings is 2. The Morgan fingerprint density at radius 2 is 1.54 bits per heavy atom. The summed E-state index contributed by atoms with van der Waals surface area (Å²) in [6.07, 6.45) is 2.08. The van der Waals surface area contributed by atoms with Gasteiger partial charge in [-0.15, -0.1) is 12.4 Å². The van der Waals surface area contributed by atoms with E-state index in [0.717, 1.165) is 25.9 Å². The number of hydrogen-bond acceptors (Lipinski definition) is 3. The van der Waals surface area contributed by atoms with Crippen LogP contribution in [0.1, 0.15) is 46.0 Å². The molecule has 0 aromatic heterocycles. The smallest absolute Gasteiger partial charge is 0.252 e. The average molecular weight is 373 g/mol. The first-order chi connectivity index (χ1) is 12.1. The molecule has 26 heavy (non-hydrogen) atoms. The van der Waals surface area contributed by atoms with Crippen molar-refractivity contribution in [3.8, 4) is 0 Å². The van der Waals surface area contributed by atoms with Gasteiger partial charge >= 0.3 is 0 Å².